The molecule has 0 amide bonds. The third-order valence-electron chi connectivity index (χ3n) is 6.96. The maximum absolute atomic E-state index is 13.3. The minimum Gasteiger partial charge on any atom is -0.166 e. The monoisotopic (exact) mass is 600 g/mol. The highest BCUT2D eigenvalue weighted by atomic mass is 19.4. The van der Waals surface area contributed by atoms with Gasteiger partial charge in [0, 0.05) is 0 Å². The summed E-state index contributed by atoms with van der Waals surface area (Å²) in [4.78, 5) is 0. The van der Waals surface area contributed by atoms with Gasteiger partial charge in [-0.3, -0.25) is 0 Å². The molecule has 0 bridgehead atoms. The van der Waals surface area contributed by atoms with Crippen molar-refractivity contribution in [1.29, 1.82) is 0 Å². The van der Waals surface area contributed by atoms with Crippen LogP contribution >= 0.6 is 0 Å². The number of hydrogen-bond acceptors (Lipinski definition) is 0. The summed E-state index contributed by atoms with van der Waals surface area (Å²) in [6, 6.07) is 25.9. The van der Waals surface area contributed by atoms with E-state index >= 15 is 0 Å². The molecule has 0 aromatic heterocycles. The molecule has 43 heavy (non-hydrogen) atoms. The number of aryl methyl sites for hydroxylation is 1. The number of halogens is 9. The summed E-state index contributed by atoms with van der Waals surface area (Å²) >= 11 is 0. The van der Waals surface area contributed by atoms with Crippen molar-refractivity contribution in [3.8, 4) is 44.5 Å². The number of alkyl halides is 9. The van der Waals surface area contributed by atoms with E-state index in [2.05, 4.69) is 0 Å². The zero-order valence-corrected chi connectivity index (χ0v) is 22.3. The van der Waals surface area contributed by atoms with E-state index in [9.17, 15) is 39.5 Å². The summed E-state index contributed by atoms with van der Waals surface area (Å²) in [7, 11) is 0. The minimum absolute atomic E-state index is 0.0938. The van der Waals surface area contributed by atoms with Gasteiger partial charge in [0.15, 0.2) is 0 Å². The average molecular weight is 601 g/mol. The molecule has 0 spiro atoms. The molecule has 9 heteroatoms. The van der Waals surface area contributed by atoms with Crippen LogP contribution in [0.15, 0.2) is 109 Å². The van der Waals surface area contributed by atoms with Crippen molar-refractivity contribution in [1.82, 2.24) is 0 Å². The molecule has 0 aliphatic rings. The Bertz CT molecular complexity index is 1720. The predicted octanol–water partition coefficient (Wildman–Crippen LogP) is 11.7. The van der Waals surface area contributed by atoms with Gasteiger partial charge in [0.1, 0.15) is 0 Å². The summed E-state index contributed by atoms with van der Waals surface area (Å²) in [5, 5.41) is 0. The first-order chi connectivity index (χ1) is 20.1. The van der Waals surface area contributed by atoms with E-state index in [1.54, 1.807) is 55.5 Å². The van der Waals surface area contributed by atoms with E-state index in [0.717, 1.165) is 28.8 Å². The second kappa shape index (κ2) is 10.9. The van der Waals surface area contributed by atoms with Gasteiger partial charge in [0.2, 0.25) is 0 Å². The summed E-state index contributed by atoms with van der Waals surface area (Å²) in [5.41, 5.74) is 1.08. The van der Waals surface area contributed by atoms with Crippen molar-refractivity contribution in [3.05, 3.63) is 131 Å². The largest absolute Gasteiger partial charge is 0.416 e. The smallest absolute Gasteiger partial charge is 0.166 e. The molecule has 0 fully saturated rings. The molecule has 5 rings (SSSR count). The van der Waals surface area contributed by atoms with Crippen molar-refractivity contribution in [2.45, 2.75) is 25.5 Å². The Hall–Kier alpha value is -4.53. The highest BCUT2D eigenvalue weighted by Gasteiger charge is 2.37. The Labute approximate surface area is 241 Å². The standard InChI is InChI=1S/C34H21F9/c1-20-13-27(16-29(14-20)32(35,36)37)23-9-5-21(6-10-23)25-3-2-4-26(15-25)22-7-11-24(12-8-22)28-17-30(33(38,39)40)19-31(18-28)34(41,42)43/h2-19H,1H3. The van der Waals surface area contributed by atoms with Crippen LogP contribution in [-0.2, 0) is 18.5 Å². The zero-order chi connectivity index (χ0) is 31.2. The lowest BCUT2D eigenvalue weighted by Gasteiger charge is -2.14. The van der Waals surface area contributed by atoms with Crippen LogP contribution in [0, 0.1) is 6.92 Å². The van der Waals surface area contributed by atoms with Crippen LogP contribution < -0.4 is 0 Å². The molecule has 0 radical (unpaired) electrons. The van der Waals surface area contributed by atoms with Gasteiger partial charge in [-0.05, 0) is 93.4 Å². The van der Waals surface area contributed by atoms with Crippen molar-refractivity contribution in [2.75, 3.05) is 0 Å². The Kier molecular flexibility index (Phi) is 7.62. The number of rotatable bonds is 4. The van der Waals surface area contributed by atoms with Crippen molar-refractivity contribution in [3.63, 3.8) is 0 Å². The summed E-state index contributed by atoms with van der Waals surface area (Å²) in [6.07, 6.45) is -14.3. The van der Waals surface area contributed by atoms with E-state index in [1.807, 2.05) is 18.2 Å². The molecule has 0 unspecified atom stereocenters. The second-order valence-electron chi connectivity index (χ2n) is 10.1. The van der Waals surface area contributed by atoms with Gasteiger partial charge in [-0.1, -0.05) is 72.8 Å². The first kappa shape index (κ1) is 29.9. The third kappa shape index (κ3) is 6.77. The molecule has 220 valence electrons. The van der Waals surface area contributed by atoms with Gasteiger partial charge in [-0.15, -0.1) is 0 Å². The van der Waals surface area contributed by atoms with Gasteiger partial charge in [-0.2, -0.15) is 39.5 Å². The van der Waals surface area contributed by atoms with E-state index in [-0.39, 0.29) is 17.2 Å². The van der Waals surface area contributed by atoms with Crippen LogP contribution in [0.1, 0.15) is 22.3 Å². The Morgan fingerprint density at radius 2 is 0.651 bits per heavy atom. The fourth-order valence-electron chi connectivity index (χ4n) is 4.82. The van der Waals surface area contributed by atoms with Crippen LogP contribution in [0.5, 0.6) is 0 Å². The SMILES string of the molecule is Cc1cc(-c2ccc(-c3cccc(-c4ccc(-c5cc(C(F)(F)F)cc(C(F)(F)F)c5)cc4)c3)cc2)cc(C(F)(F)F)c1. The number of hydrogen-bond donors (Lipinski definition) is 0. The highest BCUT2D eigenvalue weighted by Crippen LogP contribution is 2.39. The van der Waals surface area contributed by atoms with Crippen LogP contribution in [0.25, 0.3) is 44.5 Å². The fraction of sp³-hybridized carbons (Fsp3) is 0.118. The van der Waals surface area contributed by atoms with Crippen molar-refractivity contribution >= 4 is 0 Å². The van der Waals surface area contributed by atoms with E-state index in [1.165, 1.54) is 12.1 Å². The normalized spacial score (nSPS) is 12.4. The first-order valence-corrected chi connectivity index (χ1v) is 12.9. The van der Waals surface area contributed by atoms with Gasteiger partial charge >= 0.3 is 18.5 Å². The van der Waals surface area contributed by atoms with Gasteiger partial charge in [0.05, 0.1) is 16.7 Å². The van der Waals surface area contributed by atoms with Crippen molar-refractivity contribution < 1.29 is 39.5 Å². The lowest BCUT2D eigenvalue weighted by atomic mass is 9.94. The fourth-order valence-corrected chi connectivity index (χ4v) is 4.82. The minimum atomic E-state index is -4.94. The molecule has 5 aromatic rings. The molecule has 0 saturated carbocycles. The van der Waals surface area contributed by atoms with Gasteiger partial charge in [-0.25, -0.2) is 0 Å². The zero-order valence-electron chi connectivity index (χ0n) is 22.3. The van der Waals surface area contributed by atoms with E-state index in [0.29, 0.717) is 34.4 Å². The van der Waals surface area contributed by atoms with Crippen LogP contribution in [0.2, 0.25) is 0 Å². The lowest BCUT2D eigenvalue weighted by Crippen LogP contribution is -2.11. The first-order valence-electron chi connectivity index (χ1n) is 12.9. The maximum atomic E-state index is 13.3. The summed E-state index contributed by atoms with van der Waals surface area (Å²) in [6.45, 7) is 1.60. The van der Waals surface area contributed by atoms with Crippen LogP contribution in [-0.4, -0.2) is 0 Å². The van der Waals surface area contributed by atoms with Crippen molar-refractivity contribution in [2.24, 2.45) is 0 Å². The van der Waals surface area contributed by atoms with Gasteiger partial charge < -0.3 is 0 Å². The highest BCUT2D eigenvalue weighted by molar-refractivity contribution is 5.77. The Morgan fingerprint density at radius 1 is 0.326 bits per heavy atom. The van der Waals surface area contributed by atoms with E-state index in [4.69, 9.17) is 0 Å². The molecule has 0 atom stereocenters. The Balaban J connectivity index is 1.42. The Morgan fingerprint density at radius 3 is 1.02 bits per heavy atom. The second-order valence-corrected chi connectivity index (χ2v) is 10.1. The molecule has 5 aromatic carbocycles. The molecule has 0 saturated heterocycles. The lowest BCUT2D eigenvalue weighted by molar-refractivity contribution is -0.143. The molecule has 0 aliphatic heterocycles. The summed E-state index contributed by atoms with van der Waals surface area (Å²) < 4.78 is 120. The molecule has 0 aliphatic carbocycles. The van der Waals surface area contributed by atoms with Crippen LogP contribution in [0.3, 0.4) is 0 Å². The maximum Gasteiger partial charge on any atom is 0.416 e. The quantitative estimate of drug-likeness (QED) is 0.180. The number of benzene rings is 5. The average Bonchev–Trinajstić information content (AvgIpc) is 2.95. The predicted molar refractivity (Wildman–Crippen MR) is 148 cm³/mol. The molecule has 0 nitrogen and oxygen atoms in total. The molecule has 0 N–H and O–H groups in total. The summed E-state index contributed by atoms with van der Waals surface area (Å²) in [5.74, 6) is 0. The molecular formula is C34H21F9. The third-order valence-corrected chi connectivity index (χ3v) is 6.96. The molecular weight excluding hydrogens is 579 g/mol. The topological polar surface area (TPSA) is 0 Å². The van der Waals surface area contributed by atoms with Crippen LogP contribution in [0.4, 0.5) is 39.5 Å². The molecule has 0 heterocycles. The van der Waals surface area contributed by atoms with Gasteiger partial charge in [0.25, 0.3) is 0 Å². The van der Waals surface area contributed by atoms with E-state index < -0.39 is 35.2 Å².